The summed E-state index contributed by atoms with van der Waals surface area (Å²) < 4.78 is 0. The number of carbonyl (C=O) groups excluding carboxylic acids is 1. The van der Waals surface area contributed by atoms with Gasteiger partial charge in [-0.3, -0.25) is 14.9 Å². The maximum absolute atomic E-state index is 13.5. The summed E-state index contributed by atoms with van der Waals surface area (Å²) in [4.78, 5) is 33.3. The topological polar surface area (TPSA) is 87.8 Å². The average Bonchev–Trinajstić information content (AvgIpc) is 3.30. The number of hydrogen-bond donors (Lipinski definition) is 1. The molecule has 7 nitrogen and oxygen atoms in total. The smallest absolute Gasteiger partial charge is 0.293 e. The number of nitro benzene ring substituents is 1. The minimum atomic E-state index is -0.309. The number of aliphatic imine (C=N–C) groups is 1. The van der Waals surface area contributed by atoms with Crippen LogP contribution in [-0.4, -0.2) is 30.1 Å². The fraction of sp³-hybridized carbons (Fsp3) is 0.419. The number of carbonyl (C=O) groups is 1. The molecule has 0 spiro atoms. The molecule has 1 N–H and O–H groups in total. The van der Waals surface area contributed by atoms with Gasteiger partial charge in [0.2, 0.25) is 0 Å². The molecule has 1 aromatic heterocycles. The van der Waals surface area contributed by atoms with Gasteiger partial charge in [0, 0.05) is 35.9 Å². The standard InChI is InChI=1S/C31H36N4O3S/c1-31(2,3)22-13-14-24-27(19-22)39-30(28(24)29(36)33-23-10-6-4-7-11-23)32-20-21-12-15-25(26(18-21)35(37)38)34-16-8-5-9-17-34/h4,6-7,10-12,15,18,20,22H,5,8-9,13-14,16-17,19H2,1-3H3,(H,33,36)/t22-/m1/s1. The van der Waals surface area contributed by atoms with Crippen LogP contribution >= 0.6 is 11.3 Å². The minimum Gasteiger partial charge on any atom is -0.366 e. The highest BCUT2D eigenvalue weighted by Gasteiger charge is 2.33. The van der Waals surface area contributed by atoms with Gasteiger partial charge in [-0.2, -0.15) is 0 Å². The summed E-state index contributed by atoms with van der Waals surface area (Å²) in [5, 5.41) is 15.6. The highest BCUT2D eigenvalue weighted by molar-refractivity contribution is 7.16. The maximum Gasteiger partial charge on any atom is 0.293 e. The molecule has 204 valence electrons. The number of fused-ring (bicyclic) bond motifs is 1. The second kappa shape index (κ2) is 11.3. The average molecular weight is 545 g/mol. The van der Waals surface area contributed by atoms with Gasteiger partial charge in [-0.25, -0.2) is 4.99 Å². The van der Waals surface area contributed by atoms with Crippen molar-refractivity contribution in [2.45, 2.75) is 59.3 Å². The molecule has 1 fully saturated rings. The molecule has 1 aliphatic carbocycles. The number of benzene rings is 2. The number of hydrogen-bond acceptors (Lipinski definition) is 6. The SMILES string of the molecule is CC(C)(C)[C@@H]1CCc2c(sc(N=Cc3ccc(N4CCCCC4)c([N+](=O)[O-])c3)c2C(=O)Nc2ccccc2)C1. The molecule has 39 heavy (non-hydrogen) atoms. The van der Waals surface area contributed by atoms with Crippen LogP contribution in [0.5, 0.6) is 0 Å². The van der Waals surface area contributed by atoms with Crippen LogP contribution in [0.3, 0.4) is 0 Å². The Labute approximate surface area is 234 Å². The van der Waals surface area contributed by atoms with Crippen molar-refractivity contribution >= 4 is 45.5 Å². The van der Waals surface area contributed by atoms with Crippen LogP contribution in [0, 0.1) is 21.4 Å². The number of piperidine rings is 1. The van der Waals surface area contributed by atoms with Gasteiger partial charge in [-0.05, 0) is 79.2 Å². The third-order valence-corrected chi connectivity index (χ3v) is 9.12. The Morgan fingerprint density at radius 2 is 1.87 bits per heavy atom. The van der Waals surface area contributed by atoms with E-state index in [1.165, 1.54) is 4.88 Å². The van der Waals surface area contributed by atoms with Gasteiger partial charge in [0.25, 0.3) is 11.6 Å². The number of nitrogens with zero attached hydrogens (tertiary/aromatic N) is 3. The van der Waals surface area contributed by atoms with Crippen LogP contribution in [0.15, 0.2) is 53.5 Å². The van der Waals surface area contributed by atoms with E-state index in [0.29, 0.717) is 27.7 Å². The lowest BCUT2D eigenvalue weighted by atomic mass is 9.72. The highest BCUT2D eigenvalue weighted by Crippen LogP contribution is 2.45. The van der Waals surface area contributed by atoms with Crippen molar-refractivity contribution in [3.05, 3.63) is 80.2 Å². The van der Waals surface area contributed by atoms with Crippen molar-refractivity contribution < 1.29 is 9.72 Å². The summed E-state index contributed by atoms with van der Waals surface area (Å²) in [6.07, 6.45) is 7.73. The number of para-hydroxylation sites is 1. The molecule has 0 bridgehead atoms. The second-order valence-electron chi connectivity index (χ2n) is 11.6. The molecule has 5 rings (SSSR count). The fourth-order valence-electron chi connectivity index (χ4n) is 5.65. The van der Waals surface area contributed by atoms with E-state index >= 15 is 0 Å². The zero-order chi connectivity index (χ0) is 27.6. The van der Waals surface area contributed by atoms with Gasteiger partial charge in [0.05, 0.1) is 10.5 Å². The van der Waals surface area contributed by atoms with Crippen molar-refractivity contribution in [1.82, 2.24) is 0 Å². The summed E-state index contributed by atoms with van der Waals surface area (Å²) in [5.74, 6) is 0.377. The molecular formula is C31H36N4O3S. The summed E-state index contributed by atoms with van der Waals surface area (Å²) in [5.41, 5.74) is 4.06. The van der Waals surface area contributed by atoms with Crippen molar-refractivity contribution in [3.63, 3.8) is 0 Å². The summed E-state index contributed by atoms with van der Waals surface area (Å²) in [7, 11) is 0. The minimum absolute atomic E-state index is 0.0985. The first kappa shape index (κ1) is 27.1. The van der Waals surface area contributed by atoms with Gasteiger partial charge in [0.15, 0.2) is 0 Å². The van der Waals surface area contributed by atoms with E-state index in [0.717, 1.165) is 62.9 Å². The first-order valence-corrected chi connectivity index (χ1v) is 14.6. The number of thiophene rings is 1. The molecule has 0 radical (unpaired) electrons. The van der Waals surface area contributed by atoms with Gasteiger partial charge in [0.1, 0.15) is 10.7 Å². The Bertz CT molecular complexity index is 1380. The lowest BCUT2D eigenvalue weighted by Gasteiger charge is -2.33. The zero-order valence-electron chi connectivity index (χ0n) is 22.9. The molecule has 1 amide bonds. The Kier molecular flexibility index (Phi) is 7.84. The quantitative estimate of drug-likeness (QED) is 0.195. The van der Waals surface area contributed by atoms with Crippen LogP contribution in [-0.2, 0) is 12.8 Å². The van der Waals surface area contributed by atoms with E-state index in [9.17, 15) is 14.9 Å². The molecule has 0 unspecified atom stereocenters. The molecule has 2 aliphatic rings. The van der Waals surface area contributed by atoms with Crippen molar-refractivity contribution in [2.24, 2.45) is 16.3 Å². The lowest BCUT2D eigenvalue weighted by molar-refractivity contribution is -0.384. The second-order valence-corrected chi connectivity index (χ2v) is 12.7. The third kappa shape index (κ3) is 6.06. The molecule has 1 atom stereocenters. The van der Waals surface area contributed by atoms with Crippen LogP contribution in [0.25, 0.3) is 0 Å². The summed E-state index contributed by atoms with van der Waals surface area (Å²) in [6.45, 7) is 8.51. The summed E-state index contributed by atoms with van der Waals surface area (Å²) >= 11 is 1.58. The van der Waals surface area contributed by atoms with E-state index in [-0.39, 0.29) is 21.9 Å². The predicted molar refractivity (Wildman–Crippen MR) is 160 cm³/mol. The molecule has 1 saturated heterocycles. The van der Waals surface area contributed by atoms with Gasteiger partial charge in [-0.15, -0.1) is 11.3 Å². The molecule has 2 aromatic carbocycles. The molecule has 2 heterocycles. The molecular weight excluding hydrogens is 508 g/mol. The maximum atomic E-state index is 13.5. The largest absolute Gasteiger partial charge is 0.366 e. The van der Waals surface area contributed by atoms with Gasteiger partial charge >= 0.3 is 0 Å². The fourth-order valence-corrected chi connectivity index (χ4v) is 6.92. The Balaban J connectivity index is 1.48. The molecule has 0 saturated carbocycles. The predicted octanol–water partition coefficient (Wildman–Crippen LogP) is 7.80. The van der Waals surface area contributed by atoms with Crippen LogP contribution in [0.4, 0.5) is 22.1 Å². The van der Waals surface area contributed by atoms with Gasteiger partial charge < -0.3 is 10.2 Å². The zero-order valence-corrected chi connectivity index (χ0v) is 23.7. The number of amides is 1. The van der Waals surface area contributed by atoms with Crippen molar-refractivity contribution in [1.29, 1.82) is 0 Å². The van der Waals surface area contributed by atoms with Gasteiger partial charge in [-0.1, -0.05) is 45.0 Å². The molecule has 1 aliphatic heterocycles. The Morgan fingerprint density at radius 3 is 2.56 bits per heavy atom. The molecule has 3 aromatic rings. The van der Waals surface area contributed by atoms with Crippen LogP contribution in [0.2, 0.25) is 0 Å². The first-order chi connectivity index (χ1) is 18.7. The van der Waals surface area contributed by atoms with E-state index in [2.05, 4.69) is 31.0 Å². The normalized spacial score (nSPS) is 17.7. The lowest BCUT2D eigenvalue weighted by Crippen LogP contribution is -2.29. The third-order valence-electron chi connectivity index (χ3n) is 7.95. The Morgan fingerprint density at radius 1 is 1.13 bits per heavy atom. The van der Waals surface area contributed by atoms with Crippen LogP contribution < -0.4 is 10.2 Å². The van der Waals surface area contributed by atoms with E-state index in [1.54, 1.807) is 23.6 Å². The Hall–Kier alpha value is -3.52. The number of nitro groups is 1. The van der Waals surface area contributed by atoms with E-state index in [4.69, 9.17) is 4.99 Å². The number of nitrogens with one attached hydrogen (secondary N) is 1. The van der Waals surface area contributed by atoms with Crippen molar-refractivity contribution in [2.75, 3.05) is 23.3 Å². The number of anilines is 2. The summed E-state index contributed by atoms with van der Waals surface area (Å²) in [6, 6.07) is 14.8. The first-order valence-electron chi connectivity index (χ1n) is 13.8. The van der Waals surface area contributed by atoms with Crippen molar-refractivity contribution in [3.8, 4) is 0 Å². The van der Waals surface area contributed by atoms with E-state index in [1.807, 2.05) is 42.5 Å². The van der Waals surface area contributed by atoms with E-state index < -0.39 is 0 Å². The molecule has 8 heteroatoms. The van der Waals surface area contributed by atoms with Crippen LogP contribution in [0.1, 0.15) is 72.8 Å². The monoisotopic (exact) mass is 544 g/mol. The number of rotatable bonds is 6. The highest BCUT2D eigenvalue weighted by atomic mass is 32.1.